The second kappa shape index (κ2) is 5.82. The summed E-state index contributed by atoms with van der Waals surface area (Å²) in [6.07, 6.45) is -1.77. The number of alkyl halides is 4. The molecular weight excluding hydrogens is 312 g/mol. The van der Waals surface area contributed by atoms with Gasteiger partial charge in [-0.1, -0.05) is 0 Å². The van der Waals surface area contributed by atoms with Gasteiger partial charge in [0.1, 0.15) is 0 Å². The van der Waals surface area contributed by atoms with Gasteiger partial charge in [-0.3, -0.25) is 4.55 Å². The van der Waals surface area contributed by atoms with Crippen molar-refractivity contribution in [2.24, 2.45) is 0 Å². The summed E-state index contributed by atoms with van der Waals surface area (Å²) >= 11 is 0. The SMILES string of the molecule is O=C(OCCC(F)(F)C(F)(F)S(=O)(=O)O)C1CCCO1. The van der Waals surface area contributed by atoms with Crippen LogP contribution in [0.3, 0.4) is 0 Å². The van der Waals surface area contributed by atoms with Crippen molar-refractivity contribution in [3.8, 4) is 0 Å². The lowest BCUT2D eigenvalue weighted by molar-refractivity contribution is -0.177. The Morgan fingerprint density at radius 1 is 1.35 bits per heavy atom. The molecular formula is C9H12F4O6S. The van der Waals surface area contributed by atoms with Gasteiger partial charge in [-0.2, -0.15) is 26.0 Å². The van der Waals surface area contributed by atoms with Crippen molar-refractivity contribution in [2.75, 3.05) is 13.2 Å². The van der Waals surface area contributed by atoms with Crippen LogP contribution in [0.25, 0.3) is 0 Å². The third-order valence-electron chi connectivity index (χ3n) is 2.60. The van der Waals surface area contributed by atoms with E-state index >= 15 is 0 Å². The van der Waals surface area contributed by atoms with Gasteiger partial charge in [0.05, 0.1) is 13.0 Å². The zero-order valence-corrected chi connectivity index (χ0v) is 10.8. The number of esters is 1. The molecule has 1 rings (SSSR count). The number of hydrogen-bond acceptors (Lipinski definition) is 5. The molecule has 1 N–H and O–H groups in total. The highest BCUT2D eigenvalue weighted by Gasteiger charge is 2.65. The van der Waals surface area contributed by atoms with E-state index in [1.165, 1.54) is 0 Å². The largest absolute Gasteiger partial charge is 0.464 e. The molecule has 0 aliphatic carbocycles. The van der Waals surface area contributed by atoms with Crippen LogP contribution in [0.1, 0.15) is 19.3 Å². The van der Waals surface area contributed by atoms with Crippen LogP contribution in [0.2, 0.25) is 0 Å². The van der Waals surface area contributed by atoms with E-state index in [2.05, 4.69) is 4.74 Å². The fourth-order valence-electron chi connectivity index (χ4n) is 1.47. The predicted molar refractivity (Wildman–Crippen MR) is 56.0 cm³/mol. The fraction of sp³-hybridized carbons (Fsp3) is 0.889. The Morgan fingerprint density at radius 3 is 2.40 bits per heavy atom. The maximum atomic E-state index is 13.0. The van der Waals surface area contributed by atoms with Crippen LogP contribution in [-0.2, 0) is 24.4 Å². The molecule has 0 saturated carbocycles. The Balaban J connectivity index is 2.53. The maximum absolute atomic E-state index is 13.0. The van der Waals surface area contributed by atoms with E-state index < -0.39 is 46.4 Å². The van der Waals surface area contributed by atoms with Gasteiger partial charge in [-0.25, -0.2) is 4.79 Å². The van der Waals surface area contributed by atoms with Gasteiger partial charge in [0, 0.05) is 6.61 Å². The van der Waals surface area contributed by atoms with Crippen molar-refractivity contribution in [1.29, 1.82) is 0 Å². The van der Waals surface area contributed by atoms with E-state index in [1.807, 2.05) is 0 Å². The second-order valence-electron chi connectivity index (χ2n) is 4.12. The molecule has 6 nitrogen and oxygen atoms in total. The van der Waals surface area contributed by atoms with Crippen LogP contribution < -0.4 is 0 Å². The highest BCUT2D eigenvalue weighted by molar-refractivity contribution is 7.87. The van der Waals surface area contributed by atoms with Crippen LogP contribution >= 0.6 is 0 Å². The molecule has 0 aromatic heterocycles. The van der Waals surface area contributed by atoms with E-state index in [0.29, 0.717) is 19.4 Å². The molecule has 1 aliphatic rings. The summed E-state index contributed by atoms with van der Waals surface area (Å²) in [6, 6.07) is 0. The van der Waals surface area contributed by atoms with Gasteiger partial charge in [-0.15, -0.1) is 0 Å². The van der Waals surface area contributed by atoms with Crippen LogP contribution in [0.4, 0.5) is 17.6 Å². The van der Waals surface area contributed by atoms with Gasteiger partial charge in [0.25, 0.3) is 0 Å². The maximum Gasteiger partial charge on any atom is 0.431 e. The highest BCUT2D eigenvalue weighted by Crippen LogP contribution is 2.40. The van der Waals surface area contributed by atoms with Crippen molar-refractivity contribution >= 4 is 16.1 Å². The summed E-state index contributed by atoms with van der Waals surface area (Å²) in [4.78, 5) is 11.2. The minimum Gasteiger partial charge on any atom is -0.464 e. The Hall–Kier alpha value is -0.940. The van der Waals surface area contributed by atoms with Crippen LogP contribution in [0.15, 0.2) is 0 Å². The topological polar surface area (TPSA) is 89.9 Å². The lowest BCUT2D eigenvalue weighted by Gasteiger charge is -2.23. The van der Waals surface area contributed by atoms with Crippen molar-refractivity contribution in [3.05, 3.63) is 0 Å². The van der Waals surface area contributed by atoms with Crippen molar-refractivity contribution in [1.82, 2.24) is 0 Å². The Kier molecular flexibility index (Phi) is 4.98. The minimum atomic E-state index is -6.27. The van der Waals surface area contributed by atoms with Gasteiger partial charge in [0.2, 0.25) is 0 Å². The van der Waals surface area contributed by atoms with Crippen LogP contribution in [-0.4, -0.2) is 49.4 Å². The quantitative estimate of drug-likeness (QED) is 0.449. The average Bonchev–Trinajstić information content (AvgIpc) is 2.80. The van der Waals surface area contributed by atoms with E-state index in [-0.39, 0.29) is 0 Å². The normalized spacial score (nSPS) is 20.9. The Labute approximate surface area is 111 Å². The first-order chi connectivity index (χ1) is 8.99. The van der Waals surface area contributed by atoms with Crippen molar-refractivity contribution < 1.29 is 44.8 Å². The fourth-order valence-corrected chi connectivity index (χ4v) is 1.95. The number of carbonyl (C=O) groups is 1. The summed E-state index contributed by atoms with van der Waals surface area (Å²) in [5.74, 6) is -6.05. The molecule has 0 aromatic rings. The van der Waals surface area contributed by atoms with E-state index in [9.17, 15) is 30.8 Å². The van der Waals surface area contributed by atoms with Crippen LogP contribution in [0.5, 0.6) is 0 Å². The molecule has 0 amide bonds. The molecule has 1 aliphatic heterocycles. The third kappa shape index (κ3) is 3.58. The predicted octanol–water partition coefficient (Wildman–Crippen LogP) is 1.21. The summed E-state index contributed by atoms with van der Waals surface area (Å²) in [6.45, 7) is -0.826. The Morgan fingerprint density at radius 2 is 1.95 bits per heavy atom. The summed E-state index contributed by atoms with van der Waals surface area (Å²) < 4.78 is 89.3. The number of halogens is 4. The minimum absolute atomic E-state index is 0.302. The number of ether oxygens (including phenoxy) is 2. The molecule has 0 spiro atoms. The molecule has 0 radical (unpaired) electrons. The van der Waals surface area contributed by atoms with Crippen molar-refractivity contribution in [3.63, 3.8) is 0 Å². The van der Waals surface area contributed by atoms with E-state index in [0.717, 1.165) is 0 Å². The average molecular weight is 324 g/mol. The molecule has 0 bridgehead atoms. The lowest BCUT2D eigenvalue weighted by Crippen LogP contribution is -2.47. The molecule has 1 saturated heterocycles. The molecule has 1 heterocycles. The monoisotopic (exact) mass is 324 g/mol. The number of carbonyl (C=O) groups excluding carboxylic acids is 1. The second-order valence-corrected chi connectivity index (χ2v) is 5.58. The Bertz CT molecular complexity index is 457. The smallest absolute Gasteiger partial charge is 0.431 e. The first-order valence-corrected chi connectivity index (χ1v) is 6.94. The van der Waals surface area contributed by atoms with Gasteiger partial charge in [-0.05, 0) is 12.8 Å². The molecule has 11 heteroatoms. The standard InChI is InChI=1S/C9H12F4O6S/c10-8(11,9(12,13)20(15,16)17)3-5-19-7(14)6-2-1-4-18-6/h6H,1-5H2,(H,15,16,17). The summed E-state index contributed by atoms with van der Waals surface area (Å²) in [7, 11) is -6.27. The molecule has 20 heavy (non-hydrogen) atoms. The van der Waals surface area contributed by atoms with E-state index in [1.54, 1.807) is 0 Å². The molecule has 0 aromatic carbocycles. The summed E-state index contributed by atoms with van der Waals surface area (Å²) in [5, 5.41) is -5.66. The van der Waals surface area contributed by atoms with Gasteiger partial charge < -0.3 is 9.47 Å². The number of hydrogen-bond donors (Lipinski definition) is 1. The van der Waals surface area contributed by atoms with E-state index in [4.69, 9.17) is 9.29 Å². The van der Waals surface area contributed by atoms with Crippen molar-refractivity contribution in [2.45, 2.75) is 36.5 Å². The van der Waals surface area contributed by atoms with Gasteiger partial charge in [0.15, 0.2) is 6.10 Å². The number of rotatable bonds is 6. The first kappa shape index (κ1) is 17.1. The van der Waals surface area contributed by atoms with Gasteiger partial charge >= 0.3 is 27.3 Å². The van der Waals surface area contributed by atoms with Crippen LogP contribution in [0, 0.1) is 0 Å². The molecule has 1 fully saturated rings. The molecule has 1 atom stereocenters. The molecule has 1 unspecified atom stereocenters. The first-order valence-electron chi connectivity index (χ1n) is 5.50. The zero-order valence-electron chi connectivity index (χ0n) is 10.0. The lowest BCUT2D eigenvalue weighted by atomic mass is 10.2. The highest BCUT2D eigenvalue weighted by atomic mass is 32.2. The third-order valence-corrected chi connectivity index (χ3v) is 3.55. The molecule has 118 valence electrons. The summed E-state index contributed by atoms with van der Waals surface area (Å²) in [5.41, 5.74) is 0. The zero-order chi connectivity index (χ0) is 15.6.